The summed E-state index contributed by atoms with van der Waals surface area (Å²) in [5, 5.41) is 19.9. The molecule has 1 unspecified atom stereocenters. The van der Waals surface area contributed by atoms with Crippen LogP contribution < -0.4 is 9.47 Å². The molecule has 0 radical (unpaired) electrons. The Morgan fingerprint density at radius 2 is 1.73 bits per heavy atom. The number of fused-ring (bicyclic) bond motifs is 1. The highest BCUT2D eigenvalue weighted by Crippen LogP contribution is 2.43. The molecule has 0 aliphatic carbocycles. The second-order valence-corrected chi connectivity index (χ2v) is 8.73. The van der Waals surface area contributed by atoms with E-state index in [0.717, 1.165) is 4.47 Å². The molecular formula is C24H22BrNO7. The molecule has 1 fully saturated rings. The van der Waals surface area contributed by atoms with Gasteiger partial charge >= 0.3 is 5.97 Å². The number of hydrogen-bond acceptors (Lipinski definition) is 6. The number of aliphatic hydroxyl groups is 1. The Morgan fingerprint density at radius 3 is 2.45 bits per heavy atom. The van der Waals surface area contributed by atoms with E-state index < -0.39 is 23.7 Å². The fourth-order valence-electron chi connectivity index (χ4n) is 4.04. The van der Waals surface area contributed by atoms with Gasteiger partial charge in [-0.05, 0) is 42.7 Å². The lowest BCUT2D eigenvalue weighted by atomic mass is 9.95. The smallest absolute Gasteiger partial charge is 0.303 e. The summed E-state index contributed by atoms with van der Waals surface area (Å²) >= 11 is 3.35. The van der Waals surface area contributed by atoms with E-state index in [1.807, 2.05) is 0 Å². The third-order valence-electron chi connectivity index (χ3n) is 5.66. The first-order valence-electron chi connectivity index (χ1n) is 10.5. The fraction of sp³-hybridized carbons (Fsp3) is 0.292. The molecule has 8 nitrogen and oxygen atoms in total. The third kappa shape index (κ3) is 4.73. The van der Waals surface area contributed by atoms with Crippen LogP contribution in [0.1, 0.15) is 42.9 Å². The highest BCUT2D eigenvalue weighted by Gasteiger charge is 2.46. The number of carboxylic acid groups (broad SMARTS) is 1. The average Bonchev–Trinajstić information content (AvgIpc) is 3.36. The summed E-state index contributed by atoms with van der Waals surface area (Å²) in [6, 6.07) is 11.2. The number of nitrogens with zero attached hydrogens (tertiary/aromatic N) is 1. The first-order valence-corrected chi connectivity index (χ1v) is 11.3. The fourth-order valence-corrected chi connectivity index (χ4v) is 4.30. The maximum atomic E-state index is 13.0. The van der Waals surface area contributed by atoms with Crippen molar-refractivity contribution in [2.24, 2.45) is 0 Å². The molecule has 0 saturated carbocycles. The van der Waals surface area contributed by atoms with Gasteiger partial charge in [0.2, 0.25) is 6.79 Å². The molecule has 0 aromatic heterocycles. The van der Waals surface area contributed by atoms with Gasteiger partial charge in [0, 0.05) is 23.0 Å². The third-order valence-corrected chi connectivity index (χ3v) is 6.19. The molecule has 1 amide bonds. The van der Waals surface area contributed by atoms with Crippen molar-refractivity contribution >= 4 is 39.3 Å². The second kappa shape index (κ2) is 9.66. The van der Waals surface area contributed by atoms with Crippen LogP contribution in [-0.4, -0.2) is 46.1 Å². The van der Waals surface area contributed by atoms with Crippen LogP contribution in [-0.2, 0) is 14.4 Å². The van der Waals surface area contributed by atoms with Crippen molar-refractivity contribution in [3.05, 3.63) is 63.6 Å². The Kier molecular flexibility index (Phi) is 6.69. The van der Waals surface area contributed by atoms with Gasteiger partial charge in [0.05, 0.1) is 11.6 Å². The number of amides is 1. The molecule has 2 aliphatic heterocycles. The largest absolute Gasteiger partial charge is 0.507 e. The molecule has 0 bridgehead atoms. The molecule has 1 saturated heterocycles. The number of aliphatic carboxylic acids is 1. The summed E-state index contributed by atoms with van der Waals surface area (Å²) in [7, 11) is 0. The van der Waals surface area contributed by atoms with Crippen LogP contribution in [0.25, 0.3) is 5.76 Å². The van der Waals surface area contributed by atoms with Crippen LogP contribution in [0, 0.1) is 0 Å². The quantitative estimate of drug-likeness (QED) is 0.234. The van der Waals surface area contributed by atoms with Gasteiger partial charge < -0.3 is 24.6 Å². The zero-order valence-electron chi connectivity index (χ0n) is 17.6. The van der Waals surface area contributed by atoms with Crippen molar-refractivity contribution in [1.82, 2.24) is 4.90 Å². The molecule has 172 valence electrons. The van der Waals surface area contributed by atoms with E-state index in [4.69, 9.17) is 14.6 Å². The van der Waals surface area contributed by atoms with Gasteiger partial charge in [0.15, 0.2) is 11.5 Å². The molecule has 1 atom stereocenters. The second-order valence-electron chi connectivity index (χ2n) is 7.82. The number of rotatable bonds is 8. The molecule has 0 spiro atoms. The zero-order chi connectivity index (χ0) is 23.5. The van der Waals surface area contributed by atoms with Crippen LogP contribution in [0.4, 0.5) is 0 Å². The van der Waals surface area contributed by atoms with E-state index in [1.165, 1.54) is 4.90 Å². The van der Waals surface area contributed by atoms with Crippen LogP contribution in [0.3, 0.4) is 0 Å². The first-order chi connectivity index (χ1) is 15.9. The number of likely N-dealkylation sites (tertiary alicyclic amines) is 1. The highest BCUT2D eigenvalue weighted by atomic mass is 79.9. The maximum absolute atomic E-state index is 13.0. The monoisotopic (exact) mass is 515 g/mol. The Balaban J connectivity index is 1.70. The van der Waals surface area contributed by atoms with Gasteiger partial charge in [-0.1, -0.05) is 40.5 Å². The van der Waals surface area contributed by atoms with Crippen molar-refractivity contribution in [3.63, 3.8) is 0 Å². The van der Waals surface area contributed by atoms with Crippen molar-refractivity contribution in [3.8, 4) is 11.5 Å². The summed E-state index contributed by atoms with van der Waals surface area (Å²) in [6.07, 6.45) is 1.65. The summed E-state index contributed by atoms with van der Waals surface area (Å²) in [6.45, 7) is 0.335. The number of unbranched alkanes of at least 4 members (excludes halogenated alkanes) is 2. The first kappa shape index (κ1) is 22.8. The van der Waals surface area contributed by atoms with E-state index in [1.54, 1.807) is 42.5 Å². The number of benzene rings is 2. The Morgan fingerprint density at radius 1 is 1.00 bits per heavy atom. The Labute approximate surface area is 198 Å². The summed E-state index contributed by atoms with van der Waals surface area (Å²) in [4.78, 5) is 38.2. The molecular weight excluding hydrogens is 494 g/mol. The number of carbonyl (C=O) groups excluding carboxylic acids is 2. The van der Waals surface area contributed by atoms with E-state index in [-0.39, 0.29) is 31.1 Å². The van der Waals surface area contributed by atoms with Gasteiger partial charge in [0.25, 0.3) is 11.7 Å². The van der Waals surface area contributed by atoms with Crippen LogP contribution in [0.2, 0.25) is 0 Å². The van der Waals surface area contributed by atoms with Gasteiger partial charge in [-0.2, -0.15) is 0 Å². The van der Waals surface area contributed by atoms with E-state index in [0.29, 0.717) is 41.9 Å². The van der Waals surface area contributed by atoms with Crippen molar-refractivity contribution in [2.75, 3.05) is 13.3 Å². The minimum atomic E-state index is -0.870. The van der Waals surface area contributed by atoms with E-state index in [2.05, 4.69) is 15.9 Å². The maximum Gasteiger partial charge on any atom is 0.303 e. The lowest BCUT2D eigenvalue weighted by Crippen LogP contribution is -2.30. The van der Waals surface area contributed by atoms with Gasteiger partial charge in [-0.25, -0.2) is 0 Å². The number of aliphatic hydroxyl groups excluding tert-OH is 1. The Hall–Kier alpha value is -3.33. The molecule has 2 aliphatic rings. The number of carbonyl (C=O) groups is 3. The number of carboxylic acids is 1. The molecule has 2 heterocycles. The SMILES string of the molecule is O=C(O)CCCCCN1C(=O)C(=O)/C(=C(\O)c2ccc(Br)cc2)C1c1ccc2c(c1)OCO2. The zero-order valence-corrected chi connectivity index (χ0v) is 19.2. The molecule has 2 aromatic rings. The summed E-state index contributed by atoms with van der Waals surface area (Å²) in [5.74, 6) is -1.51. The molecule has 4 rings (SSSR count). The predicted octanol–water partition coefficient (Wildman–Crippen LogP) is 4.24. The molecule has 9 heteroatoms. The topological polar surface area (TPSA) is 113 Å². The van der Waals surface area contributed by atoms with Gasteiger partial charge in [-0.3, -0.25) is 14.4 Å². The van der Waals surface area contributed by atoms with E-state index >= 15 is 0 Å². The standard InChI is InChI=1S/C24H22BrNO7/c25-16-8-5-14(6-9-16)22(29)20-21(15-7-10-17-18(12-15)33-13-32-17)26(24(31)23(20)30)11-3-1-2-4-19(27)28/h5-10,12,21,29H,1-4,11,13H2,(H,27,28)/b22-20-. The molecule has 33 heavy (non-hydrogen) atoms. The number of ether oxygens (including phenoxy) is 2. The minimum absolute atomic E-state index is 0.00623. The summed E-state index contributed by atoms with van der Waals surface area (Å²) < 4.78 is 11.6. The predicted molar refractivity (Wildman–Crippen MR) is 122 cm³/mol. The van der Waals surface area contributed by atoms with E-state index in [9.17, 15) is 19.5 Å². The minimum Gasteiger partial charge on any atom is -0.507 e. The molecule has 2 N–H and O–H groups in total. The highest BCUT2D eigenvalue weighted by molar-refractivity contribution is 9.10. The number of halogens is 1. The normalized spacial score (nSPS) is 18.7. The number of ketones is 1. The van der Waals surface area contributed by atoms with Crippen LogP contribution in [0.15, 0.2) is 52.5 Å². The van der Waals surface area contributed by atoms with Crippen molar-refractivity contribution in [2.45, 2.75) is 31.7 Å². The van der Waals surface area contributed by atoms with Crippen molar-refractivity contribution < 1.29 is 34.1 Å². The summed E-state index contributed by atoms with van der Waals surface area (Å²) in [5.41, 5.74) is 1.04. The van der Waals surface area contributed by atoms with Crippen LogP contribution >= 0.6 is 15.9 Å². The number of Topliss-reactive ketones (excluding diaryl/α,β-unsaturated/α-hetero) is 1. The lowest BCUT2D eigenvalue weighted by molar-refractivity contribution is -0.140. The lowest BCUT2D eigenvalue weighted by Gasteiger charge is -2.25. The Bertz CT molecular complexity index is 1130. The number of hydrogen-bond donors (Lipinski definition) is 2. The molecule has 2 aromatic carbocycles. The van der Waals surface area contributed by atoms with Gasteiger partial charge in [0.1, 0.15) is 5.76 Å². The van der Waals surface area contributed by atoms with Gasteiger partial charge in [-0.15, -0.1) is 0 Å². The van der Waals surface area contributed by atoms with Crippen LogP contribution in [0.5, 0.6) is 11.5 Å². The van der Waals surface area contributed by atoms with Crippen molar-refractivity contribution in [1.29, 1.82) is 0 Å². The average molecular weight is 516 g/mol.